The van der Waals surface area contributed by atoms with Gasteiger partial charge in [-0.15, -0.1) is 0 Å². The highest BCUT2D eigenvalue weighted by Crippen LogP contribution is 2.32. The van der Waals surface area contributed by atoms with E-state index in [0.29, 0.717) is 33.6 Å². The van der Waals surface area contributed by atoms with E-state index in [-0.39, 0.29) is 11.7 Å². The lowest BCUT2D eigenvalue weighted by Gasteiger charge is -2.20. The first-order valence-electron chi connectivity index (χ1n) is 9.11. The van der Waals surface area contributed by atoms with Crippen LogP contribution in [0.2, 0.25) is 10.0 Å². The van der Waals surface area contributed by atoms with Crippen molar-refractivity contribution in [3.8, 4) is 5.75 Å². The molecule has 150 valence electrons. The van der Waals surface area contributed by atoms with E-state index in [0.717, 1.165) is 11.1 Å². The summed E-state index contributed by atoms with van der Waals surface area (Å²) >= 11 is 11.9. The molecule has 7 heteroatoms. The summed E-state index contributed by atoms with van der Waals surface area (Å²) in [6, 6.07) is 19.2. The van der Waals surface area contributed by atoms with Crippen LogP contribution in [0.5, 0.6) is 5.75 Å². The standard InChI is InChI=1S/C23H16Cl2N2O3/c24-17-5-1-3-14(9-17)11-21-23(29)27-19-12-16(7-8-20(19)30-21)22(28)26-13-15-4-2-6-18(25)10-15/h1-12H,13H2,(H,26,28)(H,27,29)/b21-11-. The second-order valence-corrected chi connectivity index (χ2v) is 7.52. The minimum absolute atomic E-state index is 0.142. The van der Waals surface area contributed by atoms with Crippen molar-refractivity contribution < 1.29 is 14.3 Å². The highest BCUT2D eigenvalue weighted by Gasteiger charge is 2.23. The maximum absolute atomic E-state index is 12.5. The molecule has 1 aliphatic rings. The SMILES string of the molecule is O=C1Nc2cc(C(=O)NCc3cccc(Cl)c3)ccc2O/C1=C\c1cccc(Cl)c1. The molecule has 0 unspecified atom stereocenters. The van der Waals surface area contributed by atoms with Gasteiger partial charge in [-0.1, -0.05) is 47.5 Å². The van der Waals surface area contributed by atoms with Crippen molar-refractivity contribution in [2.24, 2.45) is 0 Å². The van der Waals surface area contributed by atoms with Crippen molar-refractivity contribution in [2.45, 2.75) is 6.54 Å². The van der Waals surface area contributed by atoms with Crippen molar-refractivity contribution in [3.05, 3.63) is 99.2 Å². The second kappa shape index (κ2) is 8.61. The molecule has 0 fully saturated rings. The fourth-order valence-corrected chi connectivity index (χ4v) is 3.39. The van der Waals surface area contributed by atoms with E-state index < -0.39 is 5.91 Å². The molecule has 4 rings (SSSR count). The second-order valence-electron chi connectivity index (χ2n) is 6.64. The number of ether oxygens (including phenoxy) is 1. The van der Waals surface area contributed by atoms with Crippen LogP contribution in [-0.2, 0) is 11.3 Å². The summed E-state index contributed by atoms with van der Waals surface area (Å²) in [5, 5.41) is 6.76. The Balaban J connectivity index is 1.48. The van der Waals surface area contributed by atoms with Gasteiger partial charge < -0.3 is 15.4 Å². The Hall–Kier alpha value is -3.28. The van der Waals surface area contributed by atoms with Gasteiger partial charge in [-0.05, 0) is 59.7 Å². The van der Waals surface area contributed by atoms with Gasteiger partial charge in [0, 0.05) is 22.2 Å². The van der Waals surface area contributed by atoms with Gasteiger partial charge in [-0.25, -0.2) is 0 Å². The summed E-state index contributed by atoms with van der Waals surface area (Å²) in [5.41, 5.74) is 2.47. The third kappa shape index (κ3) is 4.64. The zero-order valence-electron chi connectivity index (χ0n) is 15.6. The smallest absolute Gasteiger partial charge is 0.291 e. The highest BCUT2D eigenvalue weighted by molar-refractivity contribution is 6.31. The number of carbonyl (C=O) groups excluding carboxylic acids is 2. The number of carbonyl (C=O) groups is 2. The Kier molecular flexibility index (Phi) is 5.74. The van der Waals surface area contributed by atoms with Crippen LogP contribution in [-0.4, -0.2) is 11.8 Å². The maximum Gasteiger partial charge on any atom is 0.291 e. The molecule has 3 aromatic rings. The number of benzene rings is 3. The van der Waals surface area contributed by atoms with E-state index in [1.54, 1.807) is 54.6 Å². The average molecular weight is 439 g/mol. The molecule has 0 saturated heterocycles. The number of hydrogen-bond donors (Lipinski definition) is 2. The van der Waals surface area contributed by atoms with Gasteiger partial charge in [0.25, 0.3) is 11.8 Å². The third-order valence-electron chi connectivity index (χ3n) is 4.42. The summed E-state index contributed by atoms with van der Waals surface area (Å²) in [4.78, 5) is 24.9. The molecule has 0 aliphatic carbocycles. The molecular formula is C23H16Cl2N2O3. The van der Waals surface area contributed by atoms with E-state index in [2.05, 4.69) is 10.6 Å². The van der Waals surface area contributed by atoms with Crippen LogP contribution in [0.3, 0.4) is 0 Å². The molecule has 1 aliphatic heterocycles. The number of fused-ring (bicyclic) bond motifs is 1. The quantitative estimate of drug-likeness (QED) is 0.543. The fraction of sp³-hybridized carbons (Fsp3) is 0.0435. The van der Waals surface area contributed by atoms with Gasteiger partial charge in [0.05, 0.1) is 5.69 Å². The molecule has 3 aromatic carbocycles. The molecule has 0 atom stereocenters. The fourth-order valence-electron chi connectivity index (χ4n) is 2.98. The Morgan fingerprint density at radius 2 is 1.77 bits per heavy atom. The summed E-state index contributed by atoms with van der Waals surface area (Å²) < 4.78 is 5.72. The minimum Gasteiger partial charge on any atom is -0.449 e. The van der Waals surface area contributed by atoms with E-state index in [1.807, 2.05) is 18.2 Å². The molecule has 0 bridgehead atoms. The molecule has 2 amide bonds. The van der Waals surface area contributed by atoms with Crippen LogP contribution in [0.1, 0.15) is 21.5 Å². The molecule has 0 saturated carbocycles. The van der Waals surface area contributed by atoms with Crippen LogP contribution >= 0.6 is 23.2 Å². The average Bonchev–Trinajstić information content (AvgIpc) is 2.72. The third-order valence-corrected chi connectivity index (χ3v) is 4.89. The first-order chi connectivity index (χ1) is 14.5. The van der Waals surface area contributed by atoms with Crippen LogP contribution in [0.15, 0.2) is 72.5 Å². The number of nitrogens with one attached hydrogen (secondary N) is 2. The van der Waals surface area contributed by atoms with Crippen LogP contribution in [0.25, 0.3) is 6.08 Å². The van der Waals surface area contributed by atoms with Crippen molar-refractivity contribution in [2.75, 3.05) is 5.32 Å². The van der Waals surface area contributed by atoms with E-state index >= 15 is 0 Å². The van der Waals surface area contributed by atoms with Crippen molar-refractivity contribution in [1.29, 1.82) is 0 Å². The summed E-state index contributed by atoms with van der Waals surface area (Å²) in [6.07, 6.45) is 1.61. The van der Waals surface area contributed by atoms with Crippen molar-refractivity contribution in [3.63, 3.8) is 0 Å². The molecule has 0 spiro atoms. The van der Waals surface area contributed by atoms with Gasteiger partial charge in [0.1, 0.15) is 0 Å². The number of anilines is 1. The van der Waals surface area contributed by atoms with Gasteiger partial charge in [-0.3, -0.25) is 9.59 Å². The Morgan fingerprint density at radius 1 is 1.00 bits per heavy atom. The van der Waals surface area contributed by atoms with Crippen molar-refractivity contribution >= 4 is 46.8 Å². The predicted octanol–water partition coefficient (Wildman–Crippen LogP) is 5.30. The molecule has 0 radical (unpaired) electrons. The summed E-state index contributed by atoms with van der Waals surface area (Å²) in [5.74, 6) is -0.0801. The van der Waals surface area contributed by atoms with E-state index in [9.17, 15) is 9.59 Å². The topological polar surface area (TPSA) is 67.4 Å². The first-order valence-corrected chi connectivity index (χ1v) is 9.87. The highest BCUT2D eigenvalue weighted by atomic mass is 35.5. The number of halogens is 2. The molecule has 2 N–H and O–H groups in total. The Morgan fingerprint density at radius 3 is 2.53 bits per heavy atom. The maximum atomic E-state index is 12.5. The van der Waals surface area contributed by atoms with Crippen LogP contribution < -0.4 is 15.4 Å². The lowest BCUT2D eigenvalue weighted by molar-refractivity contribution is -0.115. The number of rotatable bonds is 4. The number of hydrogen-bond acceptors (Lipinski definition) is 3. The summed E-state index contributed by atoms with van der Waals surface area (Å²) in [7, 11) is 0. The Bertz CT molecular complexity index is 1170. The van der Waals surface area contributed by atoms with Gasteiger partial charge in [-0.2, -0.15) is 0 Å². The molecule has 1 heterocycles. The number of amides is 2. The monoisotopic (exact) mass is 438 g/mol. The molecule has 30 heavy (non-hydrogen) atoms. The lowest BCUT2D eigenvalue weighted by atomic mass is 10.1. The molecule has 0 aromatic heterocycles. The van der Waals surface area contributed by atoms with E-state index in [1.165, 1.54) is 0 Å². The zero-order chi connectivity index (χ0) is 21.1. The largest absolute Gasteiger partial charge is 0.449 e. The summed E-state index contributed by atoms with van der Waals surface area (Å²) in [6.45, 7) is 0.339. The minimum atomic E-state index is -0.404. The Labute approximate surface area is 183 Å². The normalized spacial score (nSPS) is 13.9. The van der Waals surface area contributed by atoms with Gasteiger partial charge in [0.15, 0.2) is 11.5 Å². The van der Waals surface area contributed by atoms with Crippen LogP contribution in [0.4, 0.5) is 5.69 Å². The molecular weight excluding hydrogens is 423 g/mol. The van der Waals surface area contributed by atoms with Gasteiger partial charge >= 0.3 is 0 Å². The first kappa shape index (κ1) is 20.0. The molecule has 5 nitrogen and oxygen atoms in total. The van der Waals surface area contributed by atoms with Crippen molar-refractivity contribution in [1.82, 2.24) is 5.32 Å². The lowest BCUT2D eigenvalue weighted by Crippen LogP contribution is -2.25. The van der Waals surface area contributed by atoms with Crippen LogP contribution in [0, 0.1) is 0 Å². The zero-order valence-corrected chi connectivity index (χ0v) is 17.1. The van der Waals surface area contributed by atoms with E-state index in [4.69, 9.17) is 27.9 Å². The van der Waals surface area contributed by atoms with Gasteiger partial charge in [0.2, 0.25) is 0 Å². The predicted molar refractivity (Wildman–Crippen MR) is 118 cm³/mol.